The Morgan fingerprint density at radius 2 is 1.88 bits per heavy atom. The lowest BCUT2D eigenvalue weighted by Gasteiger charge is -2.27. The number of rotatable bonds is 3. The first kappa shape index (κ1) is 17.6. The zero-order chi connectivity index (χ0) is 18.0. The standard InChI is InChI=1S/C17H18ClFN4O2/c1-10-15(22-16(24)14-12(18)4-3-5-13(14)19)11(2)21-17(20-10)23-6-8-25-9-7-23/h3-5H,6-9H2,1-2H3,(H,22,24). The van der Waals surface area contributed by atoms with Crippen LogP contribution in [-0.2, 0) is 4.74 Å². The Balaban J connectivity index is 1.86. The third kappa shape index (κ3) is 3.72. The molecule has 1 aromatic carbocycles. The van der Waals surface area contributed by atoms with Crippen LogP contribution in [0, 0.1) is 19.7 Å². The fourth-order valence-corrected chi connectivity index (χ4v) is 2.92. The molecule has 1 aromatic heterocycles. The van der Waals surface area contributed by atoms with Crippen LogP contribution < -0.4 is 10.2 Å². The average Bonchev–Trinajstić information content (AvgIpc) is 2.58. The molecule has 1 amide bonds. The normalized spacial score (nSPS) is 14.5. The monoisotopic (exact) mass is 364 g/mol. The highest BCUT2D eigenvalue weighted by Crippen LogP contribution is 2.24. The van der Waals surface area contributed by atoms with Gasteiger partial charge >= 0.3 is 0 Å². The zero-order valence-electron chi connectivity index (χ0n) is 14.0. The van der Waals surface area contributed by atoms with Crippen LogP contribution in [0.3, 0.4) is 0 Å². The van der Waals surface area contributed by atoms with Crippen LogP contribution in [0.25, 0.3) is 0 Å². The molecular formula is C17H18ClFN4O2. The van der Waals surface area contributed by atoms with E-state index in [2.05, 4.69) is 15.3 Å². The number of carbonyl (C=O) groups is 1. The van der Waals surface area contributed by atoms with Gasteiger partial charge in [-0.25, -0.2) is 14.4 Å². The smallest absolute Gasteiger partial charge is 0.260 e. The molecule has 132 valence electrons. The van der Waals surface area contributed by atoms with Gasteiger partial charge in [0.1, 0.15) is 5.82 Å². The summed E-state index contributed by atoms with van der Waals surface area (Å²) < 4.78 is 19.2. The summed E-state index contributed by atoms with van der Waals surface area (Å²) in [5.41, 5.74) is 1.48. The number of amides is 1. The summed E-state index contributed by atoms with van der Waals surface area (Å²) in [5, 5.41) is 2.73. The largest absolute Gasteiger partial charge is 0.378 e. The van der Waals surface area contributed by atoms with E-state index in [1.807, 2.05) is 4.90 Å². The number of ether oxygens (including phenoxy) is 1. The average molecular weight is 365 g/mol. The van der Waals surface area contributed by atoms with Crippen molar-refractivity contribution in [1.29, 1.82) is 0 Å². The molecule has 0 bridgehead atoms. The van der Waals surface area contributed by atoms with E-state index in [1.165, 1.54) is 18.2 Å². The number of anilines is 2. The predicted molar refractivity (Wildman–Crippen MR) is 93.9 cm³/mol. The van der Waals surface area contributed by atoms with E-state index in [4.69, 9.17) is 16.3 Å². The van der Waals surface area contributed by atoms with Crippen molar-refractivity contribution >= 4 is 29.1 Å². The molecule has 1 fully saturated rings. The number of morpholine rings is 1. The summed E-state index contributed by atoms with van der Waals surface area (Å²) in [5.74, 6) is -0.705. The maximum atomic E-state index is 13.9. The quantitative estimate of drug-likeness (QED) is 0.906. The fourth-order valence-electron chi connectivity index (χ4n) is 2.68. The van der Waals surface area contributed by atoms with Gasteiger partial charge in [-0.1, -0.05) is 17.7 Å². The lowest BCUT2D eigenvalue weighted by atomic mass is 10.2. The van der Waals surface area contributed by atoms with Gasteiger partial charge in [-0.2, -0.15) is 0 Å². The molecule has 1 saturated heterocycles. The van der Waals surface area contributed by atoms with Gasteiger partial charge in [-0.3, -0.25) is 4.79 Å². The molecule has 6 nitrogen and oxygen atoms in total. The van der Waals surface area contributed by atoms with E-state index in [0.717, 1.165) is 13.1 Å². The van der Waals surface area contributed by atoms with E-state index in [1.54, 1.807) is 13.8 Å². The van der Waals surface area contributed by atoms with Crippen LogP contribution in [0.2, 0.25) is 5.02 Å². The molecule has 1 N–H and O–H groups in total. The van der Waals surface area contributed by atoms with E-state index in [-0.39, 0.29) is 10.6 Å². The number of nitrogens with zero attached hydrogens (tertiary/aromatic N) is 3. The van der Waals surface area contributed by atoms with Gasteiger partial charge in [0.25, 0.3) is 5.91 Å². The van der Waals surface area contributed by atoms with Gasteiger partial charge in [0.05, 0.1) is 40.9 Å². The number of carbonyl (C=O) groups excluding carboxylic acids is 1. The Kier molecular flexibility index (Phi) is 5.15. The van der Waals surface area contributed by atoms with Crippen LogP contribution in [0.1, 0.15) is 21.7 Å². The Morgan fingerprint density at radius 1 is 1.24 bits per heavy atom. The van der Waals surface area contributed by atoms with Crippen molar-refractivity contribution in [3.63, 3.8) is 0 Å². The maximum Gasteiger partial charge on any atom is 0.260 e. The number of nitrogens with one attached hydrogen (secondary N) is 1. The lowest BCUT2D eigenvalue weighted by molar-refractivity contribution is 0.102. The van der Waals surface area contributed by atoms with E-state index in [0.29, 0.717) is 36.2 Å². The van der Waals surface area contributed by atoms with Crippen LogP contribution in [0.4, 0.5) is 16.0 Å². The second-order valence-electron chi connectivity index (χ2n) is 5.72. The van der Waals surface area contributed by atoms with Crippen LogP contribution in [-0.4, -0.2) is 42.2 Å². The number of halogens is 2. The summed E-state index contributed by atoms with van der Waals surface area (Å²) >= 11 is 5.95. The number of hydrogen-bond acceptors (Lipinski definition) is 5. The van der Waals surface area contributed by atoms with E-state index in [9.17, 15) is 9.18 Å². The first-order valence-electron chi connectivity index (χ1n) is 7.90. The molecule has 1 aliphatic rings. The Hall–Kier alpha value is -2.25. The molecular weight excluding hydrogens is 347 g/mol. The lowest BCUT2D eigenvalue weighted by Crippen LogP contribution is -2.37. The number of aromatic nitrogens is 2. The molecule has 0 aliphatic carbocycles. The Bertz CT molecular complexity index is 766. The molecule has 0 spiro atoms. The minimum Gasteiger partial charge on any atom is -0.378 e. The van der Waals surface area contributed by atoms with Gasteiger partial charge in [0, 0.05) is 13.1 Å². The highest BCUT2D eigenvalue weighted by molar-refractivity contribution is 6.34. The molecule has 3 rings (SSSR count). The number of benzene rings is 1. The second kappa shape index (κ2) is 7.33. The molecule has 0 radical (unpaired) electrons. The molecule has 2 aromatic rings. The summed E-state index contributed by atoms with van der Waals surface area (Å²) in [7, 11) is 0. The third-order valence-electron chi connectivity index (χ3n) is 3.98. The maximum absolute atomic E-state index is 13.9. The SMILES string of the molecule is Cc1nc(N2CCOCC2)nc(C)c1NC(=O)c1c(F)cccc1Cl. The predicted octanol–water partition coefficient (Wildman–Crippen LogP) is 2.97. The number of hydrogen-bond donors (Lipinski definition) is 1. The van der Waals surface area contributed by atoms with Crippen molar-refractivity contribution in [3.05, 3.63) is 46.0 Å². The molecule has 0 saturated carbocycles. The summed E-state index contributed by atoms with van der Waals surface area (Å²) in [6, 6.07) is 4.11. The van der Waals surface area contributed by atoms with Crippen molar-refractivity contribution in [2.45, 2.75) is 13.8 Å². The summed E-state index contributed by atoms with van der Waals surface area (Å²) in [6.45, 7) is 6.25. The Morgan fingerprint density at radius 3 is 2.48 bits per heavy atom. The molecule has 0 atom stereocenters. The second-order valence-corrected chi connectivity index (χ2v) is 6.13. The van der Waals surface area contributed by atoms with Gasteiger partial charge in [-0.15, -0.1) is 0 Å². The van der Waals surface area contributed by atoms with Crippen LogP contribution >= 0.6 is 11.6 Å². The molecule has 1 aliphatic heterocycles. The first-order valence-corrected chi connectivity index (χ1v) is 8.28. The van der Waals surface area contributed by atoms with E-state index < -0.39 is 11.7 Å². The van der Waals surface area contributed by atoms with Crippen molar-refractivity contribution in [3.8, 4) is 0 Å². The molecule has 2 heterocycles. The highest BCUT2D eigenvalue weighted by atomic mass is 35.5. The molecule has 25 heavy (non-hydrogen) atoms. The topological polar surface area (TPSA) is 67.3 Å². The van der Waals surface area contributed by atoms with Crippen molar-refractivity contribution in [1.82, 2.24) is 9.97 Å². The minimum atomic E-state index is -0.675. The van der Waals surface area contributed by atoms with Gasteiger partial charge < -0.3 is 15.0 Å². The van der Waals surface area contributed by atoms with Crippen molar-refractivity contribution in [2.24, 2.45) is 0 Å². The third-order valence-corrected chi connectivity index (χ3v) is 4.30. The fraction of sp³-hybridized carbons (Fsp3) is 0.353. The first-order chi connectivity index (χ1) is 12.0. The van der Waals surface area contributed by atoms with Crippen molar-refractivity contribution in [2.75, 3.05) is 36.5 Å². The molecule has 8 heteroatoms. The van der Waals surface area contributed by atoms with Gasteiger partial charge in [0.15, 0.2) is 0 Å². The van der Waals surface area contributed by atoms with Crippen LogP contribution in [0.5, 0.6) is 0 Å². The summed E-state index contributed by atoms with van der Waals surface area (Å²) in [4.78, 5) is 23.4. The van der Waals surface area contributed by atoms with Gasteiger partial charge in [-0.05, 0) is 26.0 Å². The minimum absolute atomic E-state index is 0.0543. The number of aryl methyl sites for hydroxylation is 2. The molecule has 0 unspecified atom stereocenters. The summed E-state index contributed by atoms with van der Waals surface area (Å²) in [6.07, 6.45) is 0. The Labute approximate surface area is 150 Å². The zero-order valence-corrected chi connectivity index (χ0v) is 14.7. The van der Waals surface area contributed by atoms with Crippen LogP contribution in [0.15, 0.2) is 18.2 Å². The van der Waals surface area contributed by atoms with Gasteiger partial charge in [0.2, 0.25) is 5.95 Å². The van der Waals surface area contributed by atoms with Crippen molar-refractivity contribution < 1.29 is 13.9 Å². The highest BCUT2D eigenvalue weighted by Gasteiger charge is 2.20. The van der Waals surface area contributed by atoms with E-state index >= 15 is 0 Å².